The SMILES string of the molecule is CCn1c(C(=O)N2CCOCC2)cc2sccc21. The molecule has 18 heavy (non-hydrogen) atoms. The fourth-order valence-corrected chi connectivity index (χ4v) is 3.25. The Bertz CT molecular complexity index is 567. The van der Waals surface area contributed by atoms with Crippen molar-refractivity contribution in [2.75, 3.05) is 26.3 Å². The Hall–Kier alpha value is -1.33. The molecule has 1 saturated heterocycles. The summed E-state index contributed by atoms with van der Waals surface area (Å²) in [5.74, 6) is 0.128. The second kappa shape index (κ2) is 4.74. The van der Waals surface area contributed by atoms with Gasteiger partial charge in [-0.15, -0.1) is 11.3 Å². The van der Waals surface area contributed by atoms with Crippen molar-refractivity contribution in [3.05, 3.63) is 23.2 Å². The molecular formula is C13H16N2O2S. The number of hydrogen-bond acceptors (Lipinski definition) is 3. The van der Waals surface area contributed by atoms with Gasteiger partial charge in [-0.25, -0.2) is 0 Å². The number of aromatic nitrogens is 1. The van der Waals surface area contributed by atoms with Crippen LogP contribution in [0.5, 0.6) is 0 Å². The fraction of sp³-hybridized carbons (Fsp3) is 0.462. The van der Waals surface area contributed by atoms with E-state index in [1.165, 1.54) is 10.2 Å². The molecule has 0 unspecified atom stereocenters. The van der Waals surface area contributed by atoms with Gasteiger partial charge in [-0.05, 0) is 24.4 Å². The van der Waals surface area contributed by atoms with Gasteiger partial charge in [0.15, 0.2) is 0 Å². The number of thiophene rings is 1. The minimum atomic E-state index is 0.128. The van der Waals surface area contributed by atoms with Crippen molar-refractivity contribution >= 4 is 27.5 Å². The van der Waals surface area contributed by atoms with Crippen LogP contribution in [0.15, 0.2) is 17.5 Å². The number of aryl methyl sites for hydroxylation is 1. The minimum Gasteiger partial charge on any atom is -0.378 e. The number of amides is 1. The zero-order valence-electron chi connectivity index (χ0n) is 10.4. The number of ether oxygens (including phenoxy) is 1. The van der Waals surface area contributed by atoms with E-state index in [0.29, 0.717) is 26.3 Å². The molecule has 0 radical (unpaired) electrons. The monoisotopic (exact) mass is 264 g/mol. The molecule has 2 aromatic heterocycles. The lowest BCUT2D eigenvalue weighted by molar-refractivity contribution is 0.0296. The van der Waals surface area contributed by atoms with Crippen LogP contribution in [0, 0.1) is 0 Å². The molecule has 5 heteroatoms. The van der Waals surface area contributed by atoms with E-state index < -0.39 is 0 Å². The number of fused-ring (bicyclic) bond motifs is 1. The van der Waals surface area contributed by atoms with E-state index in [2.05, 4.69) is 22.9 Å². The van der Waals surface area contributed by atoms with Gasteiger partial charge in [0.25, 0.3) is 5.91 Å². The summed E-state index contributed by atoms with van der Waals surface area (Å²) in [6, 6.07) is 4.10. The summed E-state index contributed by atoms with van der Waals surface area (Å²) in [6.45, 7) is 5.58. The number of carbonyl (C=O) groups is 1. The highest BCUT2D eigenvalue weighted by molar-refractivity contribution is 7.17. The summed E-state index contributed by atoms with van der Waals surface area (Å²) >= 11 is 1.69. The maximum absolute atomic E-state index is 12.5. The molecule has 3 heterocycles. The molecule has 0 saturated carbocycles. The lowest BCUT2D eigenvalue weighted by Crippen LogP contribution is -2.41. The summed E-state index contributed by atoms with van der Waals surface area (Å²) in [5, 5.41) is 2.07. The molecular weight excluding hydrogens is 248 g/mol. The molecule has 0 bridgehead atoms. The molecule has 3 rings (SSSR count). The van der Waals surface area contributed by atoms with Gasteiger partial charge in [-0.2, -0.15) is 0 Å². The summed E-state index contributed by atoms with van der Waals surface area (Å²) in [6.07, 6.45) is 0. The average Bonchev–Trinajstić information content (AvgIpc) is 2.98. The van der Waals surface area contributed by atoms with Crippen molar-refractivity contribution in [3.63, 3.8) is 0 Å². The summed E-state index contributed by atoms with van der Waals surface area (Å²) in [5.41, 5.74) is 1.97. The van der Waals surface area contributed by atoms with Crippen LogP contribution >= 0.6 is 11.3 Å². The molecule has 1 amide bonds. The molecule has 1 aliphatic heterocycles. The van der Waals surface area contributed by atoms with E-state index in [0.717, 1.165) is 12.2 Å². The number of morpholine rings is 1. The molecule has 2 aromatic rings. The van der Waals surface area contributed by atoms with Crippen LogP contribution in [-0.2, 0) is 11.3 Å². The van der Waals surface area contributed by atoms with Crippen LogP contribution in [0.25, 0.3) is 10.2 Å². The van der Waals surface area contributed by atoms with Crippen LogP contribution in [0.4, 0.5) is 0 Å². The molecule has 0 spiro atoms. The molecule has 96 valence electrons. The Labute approximate surface area is 110 Å². The van der Waals surface area contributed by atoms with E-state index in [-0.39, 0.29) is 5.91 Å². The van der Waals surface area contributed by atoms with Gasteiger partial charge in [0, 0.05) is 19.6 Å². The molecule has 1 fully saturated rings. The van der Waals surface area contributed by atoms with Crippen LogP contribution in [-0.4, -0.2) is 41.7 Å². The van der Waals surface area contributed by atoms with Crippen LogP contribution in [0.3, 0.4) is 0 Å². The first-order valence-electron chi connectivity index (χ1n) is 6.25. The largest absolute Gasteiger partial charge is 0.378 e. The molecule has 1 aliphatic rings. The Kier molecular flexibility index (Phi) is 3.09. The average molecular weight is 264 g/mol. The summed E-state index contributed by atoms with van der Waals surface area (Å²) in [4.78, 5) is 14.4. The summed E-state index contributed by atoms with van der Waals surface area (Å²) in [7, 11) is 0. The fourth-order valence-electron chi connectivity index (χ4n) is 2.42. The first kappa shape index (κ1) is 11.7. The van der Waals surface area contributed by atoms with Crippen LogP contribution in [0.2, 0.25) is 0 Å². The third-order valence-corrected chi connectivity index (χ3v) is 4.21. The standard InChI is InChI=1S/C13H16N2O2S/c1-2-15-10-3-8-18-12(10)9-11(15)13(16)14-4-6-17-7-5-14/h3,8-9H,2,4-7H2,1H3. The highest BCUT2D eigenvalue weighted by Crippen LogP contribution is 2.26. The van der Waals surface area contributed by atoms with E-state index in [9.17, 15) is 4.79 Å². The van der Waals surface area contributed by atoms with E-state index in [1.807, 2.05) is 11.0 Å². The predicted molar refractivity (Wildman–Crippen MR) is 72.2 cm³/mol. The Morgan fingerprint density at radius 2 is 2.22 bits per heavy atom. The lowest BCUT2D eigenvalue weighted by atomic mass is 10.3. The van der Waals surface area contributed by atoms with Crippen molar-refractivity contribution in [2.24, 2.45) is 0 Å². The second-order valence-corrected chi connectivity index (χ2v) is 5.30. The topological polar surface area (TPSA) is 34.5 Å². The zero-order chi connectivity index (χ0) is 12.5. The Balaban J connectivity index is 1.97. The third-order valence-electron chi connectivity index (χ3n) is 3.36. The smallest absolute Gasteiger partial charge is 0.270 e. The molecule has 0 aliphatic carbocycles. The zero-order valence-corrected chi connectivity index (χ0v) is 11.2. The number of hydrogen-bond donors (Lipinski definition) is 0. The second-order valence-electron chi connectivity index (χ2n) is 4.35. The van der Waals surface area contributed by atoms with E-state index in [1.54, 1.807) is 11.3 Å². The Morgan fingerprint density at radius 1 is 1.44 bits per heavy atom. The first-order chi connectivity index (χ1) is 8.81. The normalized spacial score (nSPS) is 16.4. The molecule has 0 N–H and O–H groups in total. The number of nitrogens with zero attached hydrogens (tertiary/aromatic N) is 2. The predicted octanol–water partition coefficient (Wildman–Crippen LogP) is 2.20. The molecule has 0 atom stereocenters. The maximum Gasteiger partial charge on any atom is 0.270 e. The van der Waals surface area contributed by atoms with Crippen molar-refractivity contribution in [2.45, 2.75) is 13.5 Å². The molecule has 0 aromatic carbocycles. The Morgan fingerprint density at radius 3 is 2.94 bits per heavy atom. The first-order valence-corrected chi connectivity index (χ1v) is 7.13. The van der Waals surface area contributed by atoms with Crippen LogP contribution < -0.4 is 0 Å². The lowest BCUT2D eigenvalue weighted by Gasteiger charge is -2.27. The molecule has 4 nitrogen and oxygen atoms in total. The number of rotatable bonds is 2. The number of carbonyl (C=O) groups excluding carboxylic acids is 1. The van der Waals surface area contributed by atoms with Crippen molar-refractivity contribution in [3.8, 4) is 0 Å². The van der Waals surface area contributed by atoms with Gasteiger partial charge in [-0.3, -0.25) is 4.79 Å². The van der Waals surface area contributed by atoms with E-state index >= 15 is 0 Å². The van der Waals surface area contributed by atoms with Gasteiger partial charge in [0.05, 0.1) is 23.4 Å². The van der Waals surface area contributed by atoms with Crippen LogP contribution in [0.1, 0.15) is 17.4 Å². The van der Waals surface area contributed by atoms with Gasteiger partial charge in [-0.1, -0.05) is 0 Å². The minimum absolute atomic E-state index is 0.128. The summed E-state index contributed by atoms with van der Waals surface area (Å²) < 4.78 is 8.58. The van der Waals surface area contributed by atoms with Gasteiger partial charge >= 0.3 is 0 Å². The van der Waals surface area contributed by atoms with E-state index in [4.69, 9.17) is 4.74 Å². The highest BCUT2D eigenvalue weighted by Gasteiger charge is 2.22. The maximum atomic E-state index is 12.5. The quantitative estimate of drug-likeness (QED) is 0.833. The van der Waals surface area contributed by atoms with Gasteiger partial charge in [0.1, 0.15) is 5.69 Å². The highest BCUT2D eigenvalue weighted by atomic mass is 32.1. The van der Waals surface area contributed by atoms with Crippen molar-refractivity contribution < 1.29 is 9.53 Å². The third kappa shape index (κ3) is 1.83. The van der Waals surface area contributed by atoms with Gasteiger partial charge in [0.2, 0.25) is 0 Å². The van der Waals surface area contributed by atoms with Gasteiger partial charge < -0.3 is 14.2 Å². The van der Waals surface area contributed by atoms with Crippen molar-refractivity contribution in [1.29, 1.82) is 0 Å². The van der Waals surface area contributed by atoms with Crippen molar-refractivity contribution in [1.82, 2.24) is 9.47 Å².